The third kappa shape index (κ3) is 4.92. The first-order chi connectivity index (χ1) is 12.3. The molecule has 2 aromatic carbocycles. The summed E-state index contributed by atoms with van der Waals surface area (Å²) in [7, 11) is 0. The van der Waals surface area contributed by atoms with Crippen molar-refractivity contribution >= 4 is 50.4 Å². The van der Waals surface area contributed by atoms with E-state index in [0.717, 1.165) is 20.8 Å². The first-order valence-corrected chi connectivity index (χ1v) is 9.92. The van der Waals surface area contributed by atoms with Gasteiger partial charge in [0.15, 0.2) is 0 Å². The molecule has 1 heterocycles. The minimum atomic E-state index is 0.541. The summed E-state index contributed by atoms with van der Waals surface area (Å²) in [5.74, 6) is 0.779. The number of nitrogens with one attached hydrogen (secondary N) is 1. The van der Waals surface area contributed by atoms with E-state index in [9.17, 15) is 5.26 Å². The summed E-state index contributed by atoms with van der Waals surface area (Å²) in [5, 5.41) is 15.0. The fourth-order valence-corrected chi connectivity index (χ4v) is 4.02. The number of anilines is 1. The van der Waals surface area contributed by atoms with Gasteiger partial charge in [0.1, 0.15) is 21.7 Å². The van der Waals surface area contributed by atoms with Gasteiger partial charge in [0.25, 0.3) is 0 Å². The summed E-state index contributed by atoms with van der Waals surface area (Å²) in [5.41, 5.74) is 5.64. The molecule has 124 valence electrons. The fraction of sp³-hybridized carbons (Fsp3) is 0.0556. The number of thioether (sulfide) groups is 1. The van der Waals surface area contributed by atoms with Gasteiger partial charge in [-0.05, 0) is 34.8 Å². The normalized spacial score (nSPS) is 10.7. The molecule has 0 aliphatic heterocycles. The van der Waals surface area contributed by atoms with E-state index in [0.29, 0.717) is 10.6 Å². The van der Waals surface area contributed by atoms with Crippen LogP contribution in [0.1, 0.15) is 16.7 Å². The van der Waals surface area contributed by atoms with Crippen LogP contribution in [0.2, 0.25) is 0 Å². The lowest BCUT2D eigenvalue weighted by Gasteiger charge is -2.00. The number of hydrogen-bond acceptors (Lipinski definition) is 6. The predicted molar refractivity (Wildman–Crippen MR) is 108 cm³/mol. The molecule has 0 amide bonds. The van der Waals surface area contributed by atoms with E-state index < -0.39 is 0 Å². The molecule has 0 fully saturated rings. The van der Waals surface area contributed by atoms with Crippen LogP contribution in [-0.4, -0.2) is 10.6 Å². The lowest BCUT2D eigenvalue weighted by atomic mass is 10.2. The Labute approximate surface area is 162 Å². The Hall–Kier alpha value is -2.14. The Morgan fingerprint density at radius 3 is 2.68 bits per heavy atom. The van der Waals surface area contributed by atoms with E-state index in [2.05, 4.69) is 49.0 Å². The van der Waals surface area contributed by atoms with Crippen molar-refractivity contribution in [1.29, 1.82) is 5.26 Å². The molecule has 0 unspecified atom stereocenters. The monoisotopic (exact) mass is 428 g/mol. The maximum absolute atomic E-state index is 9.44. The zero-order valence-corrected chi connectivity index (χ0v) is 16.2. The topological polar surface area (TPSA) is 61.1 Å². The number of halogens is 1. The second-order valence-corrected chi connectivity index (χ2v) is 7.65. The Morgan fingerprint density at radius 2 is 1.96 bits per heavy atom. The standard InChI is InChI=1S/C18H13BrN4S2/c19-15-8-6-13(7-9-15)11-21-22-17-16(10-20)18(23-25-17)24-12-14-4-2-1-3-5-14/h1-9,11,22H,12H2. The first-order valence-electron chi connectivity index (χ1n) is 7.37. The SMILES string of the molecule is N#Cc1c(SCc2ccccc2)nsc1NN=Cc1ccc(Br)cc1. The Bertz CT molecular complexity index is 899. The molecule has 0 saturated heterocycles. The van der Waals surface area contributed by atoms with E-state index >= 15 is 0 Å². The van der Waals surface area contributed by atoms with Crippen LogP contribution in [0.5, 0.6) is 0 Å². The van der Waals surface area contributed by atoms with Crippen molar-refractivity contribution in [3.63, 3.8) is 0 Å². The van der Waals surface area contributed by atoms with E-state index in [1.54, 1.807) is 18.0 Å². The predicted octanol–water partition coefficient (Wildman–Crippen LogP) is 5.52. The Morgan fingerprint density at radius 1 is 1.20 bits per heavy atom. The van der Waals surface area contributed by atoms with Gasteiger partial charge in [0.05, 0.1) is 6.21 Å². The molecule has 1 aromatic heterocycles. The van der Waals surface area contributed by atoms with Gasteiger partial charge in [0, 0.05) is 10.2 Å². The molecule has 0 bridgehead atoms. The van der Waals surface area contributed by atoms with Crippen molar-refractivity contribution in [3.05, 3.63) is 75.8 Å². The van der Waals surface area contributed by atoms with Gasteiger partial charge in [-0.25, -0.2) is 0 Å². The molecule has 7 heteroatoms. The molecule has 3 rings (SSSR count). The molecule has 0 aliphatic carbocycles. The van der Waals surface area contributed by atoms with E-state index in [1.165, 1.54) is 17.1 Å². The van der Waals surface area contributed by atoms with E-state index in [1.807, 2.05) is 42.5 Å². The van der Waals surface area contributed by atoms with Crippen LogP contribution in [0.4, 0.5) is 5.00 Å². The van der Waals surface area contributed by atoms with Gasteiger partial charge in [-0.1, -0.05) is 70.2 Å². The minimum absolute atomic E-state index is 0.541. The van der Waals surface area contributed by atoms with E-state index in [4.69, 9.17) is 0 Å². The summed E-state index contributed by atoms with van der Waals surface area (Å²) in [6.07, 6.45) is 1.71. The molecule has 1 N–H and O–H groups in total. The fourth-order valence-electron chi connectivity index (χ4n) is 1.99. The summed E-state index contributed by atoms with van der Waals surface area (Å²) >= 11 is 6.20. The number of hydrogen-bond donors (Lipinski definition) is 1. The van der Waals surface area contributed by atoms with Crippen molar-refractivity contribution in [2.45, 2.75) is 10.8 Å². The summed E-state index contributed by atoms with van der Waals surface area (Å²) < 4.78 is 5.40. The third-order valence-corrected chi connectivity index (χ3v) is 5.68. The van der Waals surface area contributed by atoms with Crippen molar-refractivity contribution < 1.29 is 0 Å². The van der Waals surface area contributed by atoms with Gasteiger partial charge < -0.3 is 0 Å². The number of aromatic nitrogens is 1. The highest BCUT2D eigenvalue weighted by molar-refractivity contribution is 9.10. The van der Waals surface area contributed by atoms with Crippen LogP contribution in [-0.2, 0) is 5.75 Å². The lowest BCUT2D eigenvalue weighted by Crippen LogP contribution is -1.91. The summed E-state index contributed by atoms with van der Waals surface area (Å²) in [6.45, 7) is 0. The van der Waals surface area contributed by atoms with Crippen LogP contribution < -0.4 is 5.43 Å². The van der Waals surface area contributed by atoms with Crippen molar-refractivity contribution in [1.82, 2.24) is 4.37 Å². The van der Waals surface area contributed by atoms with Crippen molar-refractivity contribution in [2.75, 3.05) is 5.43 Å². The zero-order valence-electron chi connectivity index (χ0n) is 13.0. The molecule has 0 aliphatic rings. The van der Waals surface area contributed by atoms with E-state index in [-0.39, 0.29) is 0 Å². The highest BCUT2D eigenvalue weighted by atomic mass is 79.9. The second-order valence-electron chi connectivity index (χ2n) is 5.00. The molecular weight excluding hydrogens is 416 g/mol. The number of nitriles is 1. The highest BCUT2D eigenvalue weighted by Gasteiger charge is 2.13. The van der Waals surface area contributed by atoms with Crippen molar-refractivity contribution in [3.8, 4) is 6.07 Å². The number of nitrogens with zero attached hydrogens (tertiary/aromatic N) is 3. The molecule has 0 radical (unpaired) electrons. The third-order valence-electron chi connectivity index (χ3n) is 3.24. The Kier molecular flexibility index (Phi) is 6.23. The highest BCUT2D eigenvalue weighted by Crippen LogP contribution is 2.32. The van der Waals surface area contributed by atoms with Gasteiger partial charge >= 0.3 is 0 Å². The van der Waals surface area contributed by atoms with Crippen LogP contribution in [0.3, 0.4) is 0 Å². The number of benzene rings is 2. The Balaban J connectivity index is 1.65. The molecular formula is C18H13BrN4S2. The van der Waals surface area contributed by atoms with Crippen LogP contribution in [0.25, 0.3) is 0 Å². The van der Waals surface area contributed by atoms with Gasteiger partial charge in [-0.3, -0.25) is 5.43 Å². The van der Waals surface area contributed by atoms with Crippen LogP contribution in [0.15, 0.2) is 69.2 Å². The molecule has 25 heavy (non-hydrogen) atoms. The smallest absolute Gasteiger partial charge is 0.148 e. The van der Waals surface area contributed by atoms with Crippen LogP contribution in [0, 0.1) is 11.3 Å². The maximum Gasteiger partial charge on any atom is 0.148 e. The molecule has 0 spiro atoms. The molecule has 0 saturated carbocycles. The van der Waals surface area contributed by atoms with Crippen LogP contribution >= 0.6 is 39.2 Å². The largest absolute Gasteiger partial charge is 0.266 e. The van der Waals surface area contributed by atoms with Gasteiger partial charge in [-0.15, -0.1) is 0 Å². The van der Waals surface area contributed by atoms with Crippen molar-refractivity contribution in [2.24, 2.45) is 5.10 Å². The minimum Gasteiger partial charge on any atom is -0.266 e. The molecule has 4 nitrogen and oxygen atoms in total. The first kappa shape index (κ1) is 17.7. The average molecular weight is 429 g/mol. The quantitative estimate of drug-likeness (QED) is 0.319. The average Bonchev–Trinajstić information content (AvgIpc) is 3.04. The summed E-state index contributed by atoms with van der Waals surface area (Å²) in [4.78, 5) is 0. The zero-order chi connectivity index (χ0) is 17.5. The summed E-state index contributed by atoms with van der Waals surface area (Å²) in [6, 6.07) is 20.2. The number of rotatable bonds is 6. The lowest BCUT2D eigenvalue weighted by molar-refractivity contribution is 1.23. The second kappa shape index (κ2) is 8.81. The van der Waals surface area contributed by atoms with Gasteiger partial charge in [0.2, 0.25) is 0 Å². The maximum atomic E-state index is 9.44. The van der Waals surface area contributed by atoms with Gasteiger partial charge in [-0.2, -0.15) is 14.7 Å². The molecule has 3 aromatic rings. The molecule has 0 atom stereocenters. The number of hydrazone groups is 1.